The summed E-state index contributed by atoms with van der Waals surface area (Å²) in [4.78, 5) is 14.6. The number of nitrogens with zero attached hydrogens (tertiary/aromatic N) is 1. The fourth-order valence-electron chi connectivity index (χ4n) is 3.08. The summed E-state index contributed by atoms with van der Waals surface area (Å²) >= 11 is 3.54. The van der Waals surface area contributed by atoms with Crippen molar-refractivity contribution in [2.24, 2.45) is 0 Å². The lowest BCUT2D eigenvalue weighted by molar-refractivity contribution is -0.123. The monoisotopic (exact) mass is 372 g/mol. The smallest absolute Gasteiger partial charge is 0.234 e. The van der Waals surface area contributed by atoms with E-state index in [-0.39, 0.29) is 11.9 Å². The maximum absolute atomic E-state index is 12.4. The van der Waals surface area contributed by atoms with Crippen LogP contribution in [-0.2, 0) is 17.8 Å². The lowest BCUT2D eigenvalue weighted by Crippen LogP contribution is -2.40. The van der Waals surface area contributed by atoms with Gasteiger partial charge in [0.15, 0.2) is 0 Å². The second-order valence-corrected chi connectivity index (χ2v) is 6.89. The van der Waals surface area contributed by atoms with Gasteiger partial charge in [0.2, 0.25) is 5.91 Å². The first-order chi connectivity index (χ1) is 11.1. The van der Waals surface area contributed by atoms with Crippen molar-refractivity contribution >= 4 is 21.8 Å². The van der Waals surface area contributed by atoms with Crippen molar-refractivity contribution in [2.75, 3.05) is 13.1 Å². The van der Waals surface area contributed by atoms with Gasteiger partial charge < -0.3 is 5.32 Å². The van der Waals surface area contributed by atoms with Gasteiger partial charge in [-0.3, -0.25) is 9.69 Å². The number of nitrogens with one attached hydrogen (secondary N) is 1. The molecule has 4 heteroatoms. The second kappa shape index (κ2) is 7.28. The van der Waals surface area contributed by atoms with E-state index in [0.29, 0.717) is 6.54 Å². The summed E-state index contributed by atoms with van der Waals surface area (Å²) in [5, 5.41) is 3.10. The SMILES string of the molecule is C[C@H](NC(=O)CN1CCc2ccccc2C1)c1ccccc1Br. The van der Waals surface area contributed by atoms with Gasteiger partial charge in [-0.05, 0) is 36.1 Å². The van der Waals surface area contributed by atoms with E-state index >= 15 is 0 Å². The van der Waals surface area contributed by atoms with Gasteiger partial charge in [0.1, 0.15) is 0 Å². The summed E-state index contributed by atoms with van der Waals surface area (Å²) in [5.74, 6) is 0.0765. The Kier molecular flexibility index (Phi) is 5.13. The lowest BCUT2D eigenvalue weighted by Gasteiger charge is -2.28. The van der Waals surface area contributed by atoms with Crippen molar-refractivity contribution in [1.29, 1.82) is 0 Å². The number of hydrogen-bond donors (Lipinski definition) is 1. The van der Waals surface area contributed by atoms with Crippen LogP contribution in [0.2, 0.25) is 0 Å². The van der Waals surface area contributed by atoms with Crippen LogP contribution < -0.4 is 5.32 Å². The lowest BCUT2D eigenvalue weighted by atomic mass is 10.00. The number of hydrogen-bond acceptors (Lipinski definition) is 2. The third-order valence-electron chi connectivity index (χ3n) is 4.33. The van der Waals surface area contributed by atoms with Crippen molar-refractivity contribution in [1.82, 2.24) is 10.2 Å². The number of rotatable bonds is 4. The van der Waals surface area contributed by atoms with Gasteiger partial charge in [-0.15, -0.1) is 0 Å². The quantitative estimate of drug-likeness (QED) is 0.887. The standard InChI is InChI=1S/C19H21BrN2O/c1-14(17-8-4-5-9-18(17)20)21-19(23)13-22-11-10-15-6-2-3-7-16(15)12-22/h2-9,14H,10-13H2,1H3,(H,21,23)/t14-/m0/s1. The Morgan fingerprint density at radius 1 is 1.17 bits per heavy atom. The third kappa shape index (κ3) is 4.01. The van der Waals surface area contributed by atoms with Gasteiger partial charge in [0, 0.05) is 17.6 Å². The van der Waals surface area contributed by atoms with Crippen LogP contribution in [0.15, 0.2) is 53.0 Å². The molecule has 3 rings (SSSR count). The number of halogens is 1. The molecule has 0 bridgehead atoms. The number of amides is 1. The first-order valence-corrected chi connectivity index (χ1v) is 8.75. The highest BCUT2D eigenvalue weighted by atomic mass is 79.9. The van der Waals surface area contributed by atoms with Gasteiger partial charge in [-0.25, -0.2) is 0 Å². The van der Waals surface area contributed by atoms with Crippen molar-refractivity contribution in [3.05, 3.63) is 69.7 Å². The van der Waals surface area contributed by atoms with Gasteiger partial charge in [0.05, 0.1) is 12.6 Å². The molecule has 0 saturated heterocycles. The maximum atomic E-state index is 12.4. The Balaban J connectivity index is 1.57. The molecular weight excluding hydrogens is 352 g/mol. The van der Waals surface area contributed by atoms with Crippen LogP contribution in [0.4, 0.5) is 0 Å². The Morgan fingerprint density at radius 2 is 1.87 bits per heavy atom. The molecule has 2 aromatic carbocycles. The third-order valence-corrected chi connectivity index (χ3v) is 5.05. The van der Waals surface area contributed by atoms with Crippen molar-refractivity contribution in [2.45, 2.75) is 25.9 Å². The molecule has 1 N–H and O–H groups in total. The van der Waals surface area contributed by atoms with E-state index in [1.165, 1.54) is 11.1 Å². The summed E-state index contributed by atoms with van der Waals surface area (Å²) in [5.41, 5.74) is 3.85. The fourth-order valence-corrected chi connectivity index (χ4v) is 3.71. The van der Waals surface area contributed by atoms with Crippen LogP contribution in [0, 0.1) is 0 Å². The first-order valence-electron chi connectivity index (χ1n) is 7.96. The number of fused-ring (bicyclic) bond motifs is 1. The molecule has 3 nitrogen and oxygen atoms in total. The molecule has 1 atom stereocenters. The summed E-state index contributed by atoms with van der Waals surface area (Å²) in [6, 6.07) is 16.5. The molecule has 1 aliphatic rings. The molecule has 1 aliphatic heterocycles. The number of carbonyl (C=O) groups is 1. The van der Waals surface area contributed by atoms with Crippen LogP contribution in [-0.4, -0.2) is 23.9 Å². The molecule has 1 amide bonds. The predicted octanol–water partition coefficient (Wildman–Crippen LogP) is 3.68. The molecule has 0 fully saturated rings. The van der Waals surface area contributed by atoms with Crippen molar-refractivity contribution < 1.29 is 4.79 Å². The second-order valence-electron chi connectivity index (χ2n) is 6.04. The highest BCUT2D eigenvalue weighted by Gasteiger charge is 2.19. The number of benzene rings is 2. The molecule has 0 aliphatic carbocycles. The summed E-state index contributed by atoms with van der Waals surface area (Å²) in [7, 11) is 0. The van der Waals surface area contributed by atoms with Crippen LogP contribution in [0.25, 0.3) is 0 Å². The molecule has 0 spiro atoms. The van der Waals surface area contributed by atoms with E-state index in [1.54, 1.807) is 0 Å². The summed E-state index contributed by atoms with van der Waals surface area (Å²) in [6.45, 7) is 4.26. The Labute approximate surface area is 145 Å². The van der Waals surface area contributed by atoms with Gasteiger partial charge in [-0.2, -0.15) is 0 Å². The zero-order chi connectivity index (χ0) is 16.2. The van der Waals surface area contributed by atoms with E-state index in [0.717, 1.165) is 29.5 Å². The fraction of sp³-hybridized carbons (Fsp3) is 0.316. The van der Waals surface area contributed by atoms with Gasteiger partial charge in [-0.1, -0.05) is 58.4 Å². The molecular formula is C19H21BrN2O. The molecule has 0 saturated carbocycles. The predicted molar refractivity (Wildman–Crippen MR) is 96.1 cm³/mol. The zero-order valence-electron chi connectivity index (χ0n) is 13.3. The molecule has 1 heterocycles. The topological polar surface area (TPSA) is 32.3 Å². The molecule has 0 radical (unpaired) electrons. The minimum absolute atomic E-state index is 0.00449. The Morgan fingerprint density at radius 3 is 2.65 bits per heavy atom. The highest BCUT2D eigenvalue weighted by Crippen LogP contribution is 2.23. The van der Waals surface area contributed by atoms with Gasteiger partial charge in [0.25, 0.3) is 0 Å². The molecule has 23 heavy (non-hydrogen) atoms. The summed E-state index contributed by atoms with van der Waals surface area (Å²) < 4.78 is 1.03. The minimum atomic E-state index is -0.00449. The molecule has 0 unspecified atom stereocenters. The minimum Gasteiger partial charge on any atom is -0.348 e. The van der Waals surface area contributed by atoms with E-state index < -0.39 is 0 Å². The zero-order valence-corrected chi connectivity index (χ0v) is 14.8. The van der Waals surface area contributed by atoms with Crippen LogP contribution >= 0.6 is 15.9 Å². The van der Waals surface area contributed by atoms with E-state index in [2.05, 4.69) is 50.4 Å². The number of carbonyl (C=O) groups excluding carboxylic acids is 1. The largest absolute Gasteiger partial charge is 0.348 e. The van der Waals surface area contributed by atoms with Crippen LogP contribution in [0.1, 0.15) is 29.7 Å². The van der Waals surface area contributed by atoms with Crippen molar-refractivity contribution in [3.8, 4) is 0 Å². The maximum Gasteiger partial charge on any atom is 0.234 e. The molecule has 120 valence electrons. The summed E-state index contributed by atoms with van der Waals surface area (Å²) in [6.07, 6.45) is 1.02. The van der Waals surface area contributed by atoms with E-state index in [1.807, 2.05) is 31.2 Å². The highest BCUT2D eigenvalue weighted by molar-refractivity contribution is 9.10. The molecule has 0 aromatic heterocycles. The average Bonchev–Trinajstić information content (AvgIpc) is 2.55. The van der Waals surface area contributed by atoms with E-state index in [9.17, 15) is 4.79 Å². The normalized spacial score (nSPS) is 15.7. The van der Waals surface area contributed by atoms with E-state index in [4.69, 9.17) is 0 Å². The molecule has 2 aromatic rings. The Hall–Kier alpha value is -1.65. The van der Waals surface area contributed by atoms with Crippen molar-refractivity contribution in [3.63, 3.8) is 0 Å². The van der Waals surface area contributed by atoms with Crippen LogP contribution in [0.3, 0.4) is 0 Å². The van der Waals surface area contributed by atoms with Crippen LogP contribution in [0.5, 0.6) is 0 Å². The average molecular weight is 373 g/mol. The first kappa shape index (κ1) is 16.2. The van der Waals surface area contributed by atoms with Gasteiger partial charge >= 0.3 is 0 Å². The Bertz CT molecular complexity index is 701.